The van der Waals surface area contributed by atoms with Gasteiger partial charge >= 0.3 is 0 Å². The molecular formula is C28H33N3O3S. The van der Waals surface area contributed by atoms with E-state index in [1.165, 1.54) is 21.1 Å². The van der Waals surface area contributed by atoms with E-state index in [9.17, 15) is 13.2 Å². The van der Waals surface area contributed by atoms with Crippen molar-refractivity contribution in [2.75, 3.05) is 41.9 Å². The highest BCUT2D eigenvalue weighted by Crippen LogP contribution is 2.28. The Morgan fingerprint density at radius 1 is 0.829 bits per heavy atom. The van der Waals surface area contributed by atoms with Crippen molar-refractivity contribution in [3.8, 4) is 0 Å². The van der Waals surface area contributed by atoms with E-state index >= 15 is 0 Å². The van der Waals surface area contributed by atoms with Crippen LogP contribution < -0.4 is 9.21 Å². The summed E-state index contributed by atoms with van der Waals surface area (Å²) in [5.74, 6) is -0.190. The fourth-order valence-corrected chi connectivity index (χ4v) is 6.10. The summed E-state index contributed by atoms with van der Waals surface area (Å²) in [5.41, 5.74) is 6.08. The average Bonchev–Trinajstić information content (AvgIpc) is 2.85. The van der Waals surface area contributed by atoms with Crippen molar-refractivity contribution in [3.63, 3.8) is 0 Å². The molecule has 35 heavy (non-hydrogen) atoms. The van der Waals surface area contributed by atoms with Crippen LogP contribution in [0.3, 0.4) is 0 Å². The third-order valence-corrected chi connectivity index (χ3v) is 8.55. The Morgan fingerprint density at radius 2 is 1.51 bits per heavy atom. The van der Waals surface area contributed by atoms with Crippen molar-refractivity contribution in [1.29, 1.82) is 0 Å². The highest BCUT2D eigenvalue weighted by molar-refractivity contribution is 7.92. The number of rotatable bonds is 6. The zero-order valence-corrected chi connectivity index (χ0v) is 21.7. The van der Waals surface area contributed by atoms with Gasteiger partial charge in [-0.15, -0.1) is 0 Å². The van der Waals surface area contributed by atoms with Gasteiger partial charge in [-0.2, -0.15) is 0 Å². The molecule has 1 saturated heterocycles. The predicted octanol–water partition coefficient (Wildman–Crippen LogP) is 4.46. The van der Waals surface area contributed by atoms with Crippen molar-refractivity contribution < 1.29 is 13.2 Å². The van der Waals surface area contributed by atoms with Crippen LogP contribution in [0.15, 0.2) is 71.6 Å². The maximum absolute atomic E-state index is 13.6. The topological polar surface area (TPSA) is 60.9 Å². The molecule has 1 aliphatic rings. The van der Waals surface area contributed by atoms with Gasteiger partial charge in [0.15, 0.2) is 0 Å². The molecule has 1 aliphatic heterocycles. The second kappa shape index (κ2) is 10.1. The van der Waals surface area contributed by atoms with E-state index in [1.807, 2.05) is 26.0 Å². The van der Waals surface area contributed by atoms with E-state index in [1.54, 1.807) is 41.3 Å². The van der Waals surface area contributed by atoms with Gasteiger partial charge < -0.3 is 9.80 Å². The maximum Gasteiger partial charge on any atom is 0.264 e. The van der Waals surface area contributed by atoms with Crippen molar-refractivity contribution in [3.05, 3.63) is 89.0 Å². The molecule has 0 unspecified atom stereocenters. The zero-order valence-electron chi connectivity index (χ0n) is 20.9. The van der Waals surface area contributed by atoms with Crippen molar-refractivity contribution in [2.45, 2.75) is 32.6 Å². The number of hydrogen-bond acceptors (Lipinski definition) is 4. The van der Waals surface area contributed by atoms with E-state index in [2.05, 4.69) is 36.9 Å². The van der Waals surface area contributed by atoms with Crippen molar-refractivity contribution in [2.24, 2.45) is 0 Å². The third-order valence-electron chi connectivity index (χ3n) is 6.78. The first-order chi connectivity index (χ1) is 16.7. The number of anilines is 2. The smallest absolute Gasteiger partial charge is 0.264 e. The first-order valence-electron chi connectivity index (χ1n) is 11.9. The first kappa shape index (κ1) is 24.8. The summed E-state index contributed by atoms with van der Waals surface area (Å²) in [6.07, 6.45) is 0. The second-order valence-corrected chi connectivity index (χ2v) is 11.1. The van der Waals surface area contributed by atoms with Crippen LogP contribution in [0.4, 0.5) is 11.4 Å². The molecule has 0 aliphatic carbocycles. The van der Waals surface area contributed by atoms with Gasteiger partial charge in [-0.25, -0.2) is 8.42 Å². The van der Waals surface area contributed by atoms with Gasteiger partial charge in [0, 0.05) is 31.9 Å². The van der Waals surface area contributed by atoms with E-state index in [4.69, 9.17) is 0 Å². The van der Waals surface area contributed by atoms with Crippen LogP contribution in [0.5, 0.6) is 0 Å². The molecule has 1 fully saturated rings. The van der Waals surface area contributed by atoms with Crippen molar-refractivity contribution >= 4 is 27.3 Å². The largest absolute Gasteiger partial charge is 0.368 e. The van der Waals surface area contributed by atoms with Crippen LogP contribution >= 0.6 is 0 Å². The van der Waals surface area contributed by atoms with Crippen molar-refractivity contribution in [1.82, 2.24) is 4.90 Å². The number of carbonyl (C=O) groups excluding carboxylic acids is 1. The lowest BCUT2D eigenvalue weighted by atomic mass is 10.1. The average molecular weight is 492 g/mol. The number of carbonyl (C=O) groups is 1. The molecule has 0 saturated carbocycles. The SMILES string of the molecule is Cc1ccc(N(CC(=O)N2CCN(c3cccc(C)c3C)CC2)S(=O)(=O)c2ccccc2)c(C)c1. The number of piperazine rings is 1. The van der Waals surface area contributed by atoms with Gasteiger partial charge in [-0.1, -0.05) is 48.0 Å². The zero-order chi connectivity index (χ0) is 25.2. The summed E-state index contributed by atoms with van der Waals surface area (Å²) in [4.78, 5) is 17.7. The number of nitrogens with zero attached hydrogens (tertiary/aromatic N) is 3. The lowest BCUT2D eigenvalue weighted by Crippen LogP contribution is -2.52. The summed E-state index contributed by atoms with van der Waals surface area (Å²) >= 11 is 0. The molecule has 4 rings (SSSR count). The molecule has 3 aromatic carbocycles. The van der Waals surface area contributed by atoms with Crippen LogP contribution in [0, 0.1) is 27.7 Å². The fraction of sp³-hybridized carbons (Fsp3) is 0.321. The molecule has 0 aromatic heterocycles. The predicted molar refractivity (Wildman–Crippen MR) is 142 cm³/mol. The van der Waals surface area contributed by atoms with E-state index in [-0.39, 0.29) is 17.3 Å². The minimum atomic E-state index is -3.91. The Morgan fingerprint density at radius 3 is 2.17 bits per heavy atom. The highest BCUT2D eigenvalue weighted by atomic mass is 32.2. The molecular weight excluding hydrogens is 458 g/mol. The standard InChI is InChI=1S/C28H33N3O3S/c1-21-13-14-26(23(3)19-21)31(35(33,34)25-10-6-5-7-11-25)20-28(32)30-17-15-29(16-18-30)27-12-8-9-22(2)24(27)4/h5-14,19H,15-18,20H2,1-4H3. The molecule has 0 N–H and O–H groups in total. The number of aryl methyl sites for hydroxylation is 3. The summed E-state index contributed by atoms with van der Waals surface area (Å²) in [6.45, 7) is 10.4. The highest BCUT2D eigenvalue weighted by Gasteiger charge is 2.31. The number of hydrogen-bond donors (Lipinski definition) is 0. The normalized spacial score (nSPS) is 14.2. The summed E-state index contributed by atoms with van der Waals surface area (Å²) in [7, 11) is -3.91. The molecule has 1 amide bonds. The number of benzene rings is 3. The van der Waals surface area contributed by atoms with Crippen LogP contribution in [0.1, 0.15) is 22.3 Å². The van der Waals surface area contributed by atoms with Gasteiger partial charge in [-0.05, 0) is 68.7 Å². The molecule has 0 radical (unpaired) electrons. The first-order valence-corrected chi connectivity index (χ1v) is 13.4. The van der Waals surface area contributed by atoms with Crippen LogP contribution in [-0.2, 0) is 14.8 Å². The molecule has 3 aromatic rings. The Kier molecular flexibility index (Phi) is 7.17. The summed E-state index contributed by atoms with van der Waals surface area (Å²) in [5, 5.41) is 0. The monoisotopic (exact) mass is 491 g/mol. The Bertz CT molecular complexity index is 1310. The van der Waals surface area contributed by atoms with Gasteiger partial charge in [-0.3, -0.25) is 9.10 Å². The number of amides is 1. The van der Waals surface area contributed by atoms with Crippen LogP contribution in [0.2, 0.25) is 0 Å². The quantitative estimate of drug-likeness (QED) is 0.511. The van der Waals surface area contributed by atoms with Gasteiger partial charge in [0.1, 0.15) is 6.54 Å². The minimum Gasteiger partial charge on any atom is -0.368 e. The van der Waals surface area contributed by atoms with E-state index in [0.29, 0.717) is 31.9 Å². The molecule has 0 spiro atoms. The molecule has 184 valence electrons. The summed E-state index contributed by atoms with van der Waals surface area (Å²) in [6, 6.07) is 20.2. The molecule has 0 bridgehead atoms. The Balaban J connectivity index is 1.56. The summed E-state index contributed by atoms with van der Waals surface area (Å²) < 4.78 is 28.5. The molecule has 6 nitrogen and oxygen atoms in total. The molecule has 1 heterocycles. The third kappa shape index (κ3) is 5.20. The lowest BCUT2D eigenvalue weighted by Gasteiger charge is -2.38. The van der Waals surface area contributed by atoms with Crippen LogP contribution in [0.25, 0.3) is 0 Å². The fourth-order valence-electron chi connectivity index (χ4n) is 4.60. The van der Waals surface area contributed by atoms with Gasteiger partial charge in [0.25, 0.3) is 10.0 Å². The van der Waals surface area contributed by atoms with E-state index < -0.39 is 10.0 Å². The molecule has 7 heteroatoms. The lowest BCUT2D eigenvalue weighted by molar-refractivity contribution is -0.129. The van der Waals surface area contributed by atoms with E-state index in [0.717, 1.165) is 11.1 Å². The Labute approximate surface area is 208 Å². The number of sulfonamides is 1. The van der Waals surface area contributed by atoms with Gasteiger partial charge in [0.2, 0.25) is 5.91 Å². The second-order valence-electron chi connectivity index (χ2n) is 9.20. The maximum atomic E-state index is 13.6. The Hall–Kier alpha value is -3.32. The van der Waals surface area contributed by atoms with Gasteiger partial charge in [0.05, 0.1) is 10.6 Å². The van der Waals surface area contributed by atoms with Crippen LogP contribution in [-0.4, -0.2) is 51.9 Å². The minimum absolute atomic E-state index is 0.174. The molecule has 0 atom stereocenters.